The maximum absolute atomic E-state index is 10.0. The zero-order valence-corrected chi connectivity index (χ0v) is 11.4. The molecule has 0 aliphatic heterocycles. The van der Waals surface area contributed by atoms with Crippen molar-refractivity contribution in [3.63, 3.8) is 0 Å². The summed E-state index contributed by atoms with van der Waals surface area (Å²) in [5, 5.41) is 10.0. The molecular formula is C16H24O2. The van der Waals surface area contributed by atoms with Crippen LogP contribution in [-0.4, -0.2) is 17.8 Å². The molecule has 1 saturated carbocycles. The second kappa shape index (κ2) is 5.85. The largest absolute Gasteiger partial charge is 0.391 e. The summed E-state index contributed by atoms with van der Waals surface area (Å²) >= 11 is 0. The molecule has 1 N–H and O–H groups in total. The minimum Gasteiger partial charge on any atom is -0.391 e. The van der Waals surface area contributed by atoms with Crippen LogP contribution in [0.3, 0.4) is 0 Å². The van der Waals surface area contributed by atoms with Crippen molar-refractivity contribution >= 4 is 0 Å². The predicted octanol–water partition coefficient (Wildman–Crippen LogP) is 3.39. The molecule has 0 aromatic heterocycles. The Labute approximate surface area is 110 Å². The van der Waals surface area contributed by atoms with Gasteiger partial charge in [0.2, 0.25) is 0 Å². The van der Waals surface area contributed by atoms with Gasteiger partial charge in [-0.15, -0.1) is 0 Å². The van der Waals surface area contributed by atoms with Crippen LogP contribution in [0.25, 0.3) is 0 Å². The van der Waals surface area contributed by atoms with Gasteiger partial charge < -0.3 is 9.84 Å². The van der Waals surface area contributed by atoms with Crippen molar-refractivity contribution in [1.82, 2.24) is 0 Å². The monoisotopic (exact) mass is 248 g/mol. The Hall–Kier alpha value is -0.860. The van der Waals surface area contributed by atoms with Crippen LogP contribution in [0.5, 0.6) is 0 Å². The molecule has 0 saturated heterocycles. The highest BCUT2D eigenvalue weighted by Gasteiger charge is 2.46. The number of aliphatic hydroxyl groups is 1. The predicted molar refractivity (Wildman–Crippen MR) is 73.2 cm³/mol. The van der Waals surface area contributed by atoms with Gasteiger partial charge in [0.05, 0.1) is 19.3 Å². The molecule has 0 unspecified atom stereocenters. The summed E-state index contributed by atoms with van der Waals surface area (Å²) in [7, 11) is 0. The van der Waals surface area contributed by atoms with Crippen molar-refractivity contribution in [3.05, 3.63) is 35.9 Å². The summed E-state index contributed by atoms with van der Waals surface area (Å²) in [4.78, 5) is 0. The molecule has 18 heavy (non-hydrogen) atoms. The third kappa shape index (κ3) is 3.56. The van der Waals surface area contributed by atoms with E-state index in [9.17, 15) is 5.11 Å². The lowest BCUT2D eigenvalue weighted by atomic mass is 9.87. The van der Waals surface area contributed by atoms with E-state index >= 15 is 0 Å². The molecule has 1 aliphatic rings. The first-order chi connectivity index (χ1) is 8.62. The number of hydrogen-bond donors (Lipinski definition) is 1. The Morgan fingerprint density at radius 2 is 1.89 bits per heavy atom. The van der Waals surface area contributed by atoms with Crippen molar-refractivity contribution in [2.24, 2.45) is 11.3 Å². The van der Waals surface area contributed by atoms with E-state index in [0.717, 1.165) is 12.0 Å². The fourth-order valence-corrected chi connectivity index (χ4v) is 2.59. The van der Waals surface area contributed by atoms with Gasteiger partial charge in [-0.05, 0) is 36.2 Å². The standard InChI is InChI=1S/C16H24O2/c1-13(2)16(8-9-16)10-15(17)12-18-11-14-6-4-3-5-7-14/h3-7,13,15,17H,8-12H2,1-2H3/t15-/m0/s1. The topological polar surface area (TPSA) is 29.5 Å². The van der Waals surface area contributed by atoms with Crippen LogP contribution in [0.4, 0.5) is 0 Å². The van der Waals surface area contributed by atoms with Gasteiger partial charge in [-0.25, -0.2) is 0 Å². The van der Waals surface area contributed by atoms with Gasteiger partial charge >= 0.3 is 0 Å². The Morgan fingerprint density at radius 1 is 1.22 bits per heavy atom. The molecule has 1 fully saturated rings. The smallest absolute Gasteiger partial charge is 0.0779 e. The van der Waals surface area contributed by atoms with E-state index in [1.165, 1.54) is 12.8 Å². The number of ether oxygens (including phenoxy) is 1. The van der Waals surface area contributed by atoms with Crippen molar-refractivity contribution in [1.29, 1.82) is 0 Å². The number of benzene rings is 1. The minimum absolute atomic E-state index is 0.321. The average molecular weight is 248 g/mol. The second-order valence-electron chi connectivity index (χ2n) is 5.88. The van der Waals surface area contributed by atoms with E-state index in [-0.39, 0.29) is 6.10 Å². The van der Waals surface area contributed by atoms with Crippen LogP contribution < -0.4 is 0 Å². The third-order valence-electron chi connectivity index (χ3n) is 4.18. The molecule has 1 atom stereocenters. The van der Waals surface area contributed by atoms with Crippen LogP contribution in [0.1, 0.15) is 38.7 Å². The molecule has 0 heterocycles. The molecule has 0 radical (unpaired) electrons. The highest BCUT2D eigenvalue weighted by atomic mass is 16.5. The van der Waals surface area contributed by atoms with E-state index in [0.29, 0.717) is 24.5 Å². The molecule has 0 amide bonds. The lowest BCUT2D eigenvalue weighted by molar-refractivity contribution is 0.00969. The van der Waals surface area contributed by atoms with Crippen LogP contribution >= 0.6 is 0 Å². The summed E-state index contributed by atoms with van der Waals surface area (Å²) in [5.74, 6) is 0.668. The Kier molecular flexibility index (Phi) is 4.41. The lowest BCUT2D eigenvalue weighted by Crippen LogP contribution is -2.23. The van der Waals surface area contributed by atoms with Crippen molar-refractivity contribution < 1.29 is 9.84 Å². The van der Waals surface area contributed by atoms with E-state index in [1.807, 2.05) is 30.3 Å². The molecule has 2 nitrogen and oxygen atoms in total. The van der Waals surface area contributed by atoms with Crippen LogP contribution in [0.2, 0.25) is 0 Å². The van der Waals surface area contributed by atoms with Crippen LogP contribution in [-0.2, 0) is 11.3 Å². The minimum atomic E-state index is -0.321. The number of hydrogen-bond acceptors (Lipinski definition) is 2. The van der Waals surface area contributed by atoms with Gasteiger partial charge in [-0.2, -0.15) is 0 Å². The summed E-state index contributed by atoms with van der Waals surface area (Å²) < 4.78 is 5.58. The third-order valence-corrected chi connectivity index (χ3v) is 4.18. The molecule has 100 valence electrons. The molecular weight excluding hydrogens is 224 g/mol. The molecule has 2 rings (SSSR count). The van der Waals surface area contributed by atoms with Crippen molar-refractivity contribution in [3.8, 4) is 0 Å². The van der Waals surface area contributed by atoms with Crippen molar-refractivity contribution in [2.45, 2.75) is 45.8 Å². The fraction of sp³-hybridized carbons (Fsp3) is 0.625. The van der Waals surface area contributed by atoms with E-state index in [1.54, 1.807) is 0 Å². The summed E-state index contributed by atoms with van der Waals surface area (Å²) in [6, 6.07) is 10.1. The van der Waals surface area contributed by atoms with Gasteiger partial charge in [-0.1, -0.05) is 44.2 Å². The normalized spacial score (nSPS) is 18.9. The van der Waals surface area contributed by atoms with Crippen LogP contribution in [0.15, 0.2) is 30.3 Å². The maximum Gasteiger partial charge on any atom is 0.0779 e. The quantitative estimate of drug-likeness (QED) is 0.801. The SMILES string of the molecule is CC(C)C1(C[C@H](O)COCc2ccccc2)CC1. The first-order valence-electron chi connectivity index (χ1n) is 6.92. The van der Waals surface area contributed by atoms with Crippen molar-refractivity contribution in [2.75, 3.05) is 6.61 Å². The summed E-state index contributed by atoms with van der Waals surface area (Å²) in [6.45, 7) is 5.55. The zero-order valence-electron chi connectivity index (χ0n) is 11.4. The molecule has 2 heteroatoms. The zero-order chi connectivity index (χ0) is 13.0. The van der Waals surface area contributed by atoms with Gasteiger partial charge in [0.25, 0.3) is 0 Å². The highest BCUT2D eigenvalue weighted by Crippen LogP contribution is 2.55. The highest BCUT2D eigenvalue weighted by molar-refractivity contribution is 5.13. The molecule has 0 bridgehead atoms. The molecule has 1 aromatic rings. The van der Waals surface area contributed by atoms with Gasteiger partial charge in [0.1, 0.15) is 0 Å². The maximum atomic E-state index is 10.0. The Bertz CT molecular complexity index is 355. The molecule has 1 aliphatic carbocycles. The number of aliphatic hydroxyl groups excluding tert-OH is 1. The first-order valence-corrected chi connectivity index (χ1v) is 6.92. The van der Waals surface area contributed by atoms with E-state index in [4.69, 9.17) is 4.74 Å². The Morgan fingerprint density at radius 3 is 2.44 bits per heavy atom. The van der Waals surface area contributed by atoms with Gasteiger partial charge in [-0.3, -0.25) is 0 Å². The summed E-state index contributed by atoms with van der Waals surface area (Å²) in [5.41, 5.74) is 1.56. The van der Waals surface area contributed by atoms with Gasteiger partial charge in [0.15, 0.2) is 0 Å². The summed E-state index contributed by atoms with van der Waals surface area (Å²) in [6.07, 6.45) is 3.10. The molecule has 1 aromatic carbocycles. The first kappa shape index (κ1) is 13.6. The van der Waals surface area contributed by atoms with E-state index < -0.39 is 0 Å². The Balaban J connectivity index is 1.68. The average Bonchev–Trinajstić information content (AvgIpc) is 3.11. The second-order valence-corrected chi connectivity index (χ2v) is 5.88. The molecule has 0 spiro atoms. The fourth-order valence-electron chi connectivity index (χ4n) is 2.59. The lowest BCUT2D eigenvalue weighted by Gasteiger charge is -2.22. The number of rotatable bonds is 7. The van der Waals surface area contributed by atoms with E-state index in [2.05, 4.69) is 13.8 Å². The van der Waals surface area contributed by atoms with Crippen LogP contribution in [0, 0.1) is 11.3 Å². The van der Waals surface area contributed by atoms with Gasteiger partial charge in [0, 0.05) is 0 Å².